The number of imide groups is 2. The summed E-state index contributed by atoms with van der Waals surface area (Å²) in [6.45, 7) is 7.61. The SMILES string of the molecule is C=CCN1C(=O)CC(C2(C3CC(=O)N(CC=C)C3=O)/C=C\CCCCC2)C1=O. The van der Waals surface area contributed by atoms with Crippen molar-refractivity contribution in [2.24, 2.45) is 17.3 Å². The van der Waals surface area contributed by atoms with Gasteiger partial charge in [0.2, 0.25) is 23.6 Å². The second kappa shape index (κ2) is 8.25. The third-order valence-corrected chi connectivity index (χ3v) is 6.32. The molecule has 2 saturated heterocycles. The van der Waals surface area contributed by atoms with Crippen LogP contribution in [0.1, 0.15) is 44.9 Å². The van der Waals surface area contributed by atoms with Gasteiger partial charge in [-0.2, -0.15) is 0 Å². The number of rotatable bonds is 6. The van der Waals surface area contributed by atoms with Crippen molar-refractivity contribution in [2.75, 3.05) is 13.1 Å². The Kier molecular flexibility index (Phi) is 5.96. The van der Waals surface area contributed by atoms with E-state index in [-0.39, 0.29) is 49.6 Å². The van der Waals surface area contributed by atoms with E-state index in [9.17, 15) is 19.2 Å². The van der Waals surface area contributed by atoms with Crippen molar-refractivity contribution in [1.82, 2.24) is 9.80 Å². The lowest BCUT2D eigenvalue weighted by atomic mass is 9.61. The number of hydrogen-bond donors (Lipinski definition) is 0. The lowest BCUT2D eigenvalue weighted by Gasteiger charge is -2.40. The number of carbonyl (C=O) groups excluding carboxylic acids is 4. The molecule has 6 nitrogen and oxygen atoms in total. The molecule has 0 aromatic carbocycles. The van der Waals surface area contributed by atoms with Crippen LogP contribution >= 0.6 is 0 Å². The average molecular weight is 384 g/mol. The standard InChI is InChI=1S/C22H28N2O4/c1-3-12-23-18(25)14-16(20(23)27)22(10-8-6-5-7-9-11-22)17-15-19(26)24(13-4-2)21(17)28/h3-4,8,10,16-17H,1-2,5-7,9,11-15H2/b10-8-. The summed E-state index contributed by atoms with van der Waals surface area (Å²) in [7, 11) is 0. The van der Waals surface area contributed by atoms with Gasteiger partial charge in [-0.25, -0.2) is 0 Å². The van der Waals surface area contributed by atoms with Gasteiger partial charge in [-0.3, -0.25) is 29.0 Å². The topological polar surface area (TPSA) is 74.8 Å². The predicted molar refractivity (Wildman–Crippen MR) is 105 cm³/mol. The molecule has 3 aliphatic rings. The van der Waals surface area contributed by atoms with E-state index < -0.39 is 17.3 Å². The molecule has 6 heteroatoms. The van der Waals surface area contributed by atoms with Crippen LogP contribution in [-0.4, -0.2) is 46.5 Å². The molecule has 0 aromatic heterocycles. The van der Waals surface area contributed by atoms with Crippen LogP contribution in [0.4, 0.5) is 0 Å². The first-order valence-electron chi connectivity index (χ1n) is 10.0. The summed E-state index contributed by atoms with van der Waals surface area (Å²) < 4.78 is 0. The van der Waals surface area contributed by atoms with E-state index in [0.29, 0.717) is 6.42 Å². The second-order valence-corrected chi connectivity index (χ2v) is 7.89. The minimum Gasteiger partial charge on any atom is -0.278 e. The third kappa shape index (κ3) is 3.36. The highest BCUT2D eigenvalue weighted by atomic mass is 16.2. The molecule has 1 aliphatic carbocycles. The molecule has 0 N–H and O–H groups in total. The van der Waals surface area contributed by atoms with Crippen molar-refractivity contribution in [1.29, 1.82) is 0 Å². The molecule has 0 spiro atoms. The molecule has 28 heavy (non-hydrogen) atoms. The van der Waals surface area contributed by atoms with E-state index in [1.807, 2.05) is 12.2 Å². The molecule has 4 amide bonds. The van der Waals surface area contributed by atoms with Gasteiger partial charge >= 0.3 is 0 Å². The van der Waals surface area contributed by atoms with Gasteiger partial charge in [0, 0.05) is 31.3 Å². The first kappa shape index (κ1) is 20.2. The fraction of sp³-hybridized carbons (Fsp3) is 0.545. The van der Waals surface area contributed by atoms with Crippen molar-refractivity contribution in [3.63, 3.8) is 0 Å². The van der Waals surface area contributed by atoms with Crippen molar-refractivity contribution < 1.29 is 19.2 Å². The third-order valence-electron chi connectivity index (χ3n) is 6.32. The molecular weight excluding hydrogens is 356 g/mol. The number of allylic oxidation sites excluding steroid dienone is 2. The molecule has 0 aromatic rings. The number of amides is 4. The van der Waals surface area contributed by atoms with Crippen LogP contribution in [0.15, 0.2) is 37.5 Å². The van der Waals surface area contributed by atoms with Crippen LogP contribution in [0.5, 0.6) is 0 Å². The first-order chi connectivity index (χ1) is 13.5. The normalized spacial score (nSPS) is 32.4. The minimum absolute atomic E-state index is 0.0798. The maximum Gasteiger partial charge on any atom is 0.234 e. The average Bonchev–Trinajstić information content (AvgIpc) is 3.08. The van der Waals surface area contributed by atoms with Gasteiger partial charge in [-0.1, -0.05) is 37.1 Å². The van der Waals surface area contributed by atoms with E-state index >= 15 is 0 Å². The van der Waals surface area contributed by atoms with Gasteiger partial charge in [0.15, 0.2) is 0 Å². The lowest BCUT2D eigenvalue weighted by Crippen LogP contribution is -2.45. The van der Waals surface area contributed by atoms with Gasteiger partial charge < -0.3 is 0 Å². The Morgan fingerprint density at radius 2 is 1.43 bits per heavy atom. The molecule has 0 radical (unpaired) electrons. The Bertz CT molecular complexity index is 691. The van der Waals surface area contributed by atoms with E-state index in [4.69, 9.17) is 0 Å². The van der Waals surface area contributed by atoms with Crippen LogP contribution in [0.25, 0.3) is 0 Å². The molecule has 0 bridgehead atoms. The lowest BCUT2D eigenvalue weighted by molar-refractivity contribution is -0.141. The van der Waals surface area contributed by atoms with Crippen molar-refractivity contribution >= 4 is 23.6 Å². The predicted octanol–water partition coefficient (Wildman–Crippen LogP) is 2.62. The summed E-state index contributed by atoms with van der Waals surface area (Å²) in [6, 6.07) is 0. The largest absolute Gasteiger partial charge is 0.278 e. The molecule has 3 rings (SSSR count). The van der Waals surface area contributed by atoms with E-state index in [1.165, 1.54) is 22.0 Å². The minimum atomic E-state index is -0.800. The summed E-state index contributed by atoms with van der Waals surface area (Å²) >= 11 is 0. The Morgan fingerprint density at radius 1 is 0.893 bits per heavy atom. The van der Waals surface area contributed by atoms with E-state index in [1.54, 1.807) is 0 Å². The number of hydrogen-bond acceptors (Lipinski definition) is 4. The Hall–Kier alpha value is -2.50. The fourth-order valence-electron chi connectivity index (χ4n) is 4.93. The molecule has 2 fully saturated rings. The quantitative estimate of drug-likeness (QED) is 0.521. The van der Waals surface area contributed by atoms with Crippen LogP contribution in [0.2, 0.25) is 0 Å². The van der Waals surface area contributed by atoms with E-state index in [2.05, 4.69) is 13.2 Å². The highest BCUT2D eigenvalue weighted by Gasteiger charge is 2.58. The van der Waals surface area contributed by atoms with E-state index in [0.717, 1.165) is 25.7 Å². The fourth-order valence-corrected chi connectivity index (χ4v) is 4.93. The molecule has 2 aliphatic heterocycles. The van der Waals surface area contributed by atoms with Gasteiger partial charge in [-0.05, 0) is 19.3 Å². The summed E-state index contributed by atoms with van der Waals surface area (Å²) in [5, 5.41) is 0. The molecule has 2 unspecified atom stereocenters. The zero-order chi connectivity index (χ0) is 20.3. The van der Waals surface area contributed by atoms with Gasteiger partial charge in [0.05, 0.1) is 11.8 Å². The van der Waals surface area contributed by atoms with Gasteiger partial charge in [0.1, 0.15) is 0 Å². The van der Waals surface area contributed by atoms with Gasteiger partial charge in [-0.15, -0.1) is 13.2 Å². The number of likely N-dealkylation sites (tertiary alicyclic amines) is 2. The molecule has 2 atom stereocenters. The summed E-state index contributed by atoms with van der Waals surface area (Å²) in [4.78, 5) is 53.8. The number of carbonyl (C=O) groups is 4. The molecule has 0 saturated carbocycles. The Balaban J connectivity index is 2.03. The number of nitrogens with zero attached hydrogens (tertiary/aromatic N) is 2. The monoisotopic (exact) mass is 384 g/mol. The maximum absolute atomic E-state index is 13.2. The zero-order valence-electron chi connectivity index (χ0n) is 16.3. The highest BCUT2D eigenvalue weighted by molar-refractivity contribution is 6.07. The summed E-state index contributed by atoms with van der Waals surface area (Å²) in [5.74, 6) is -2.19. The first-order valence-corrected chi connectivity index (χ1v) is 10.0. The van der Waals surface area contributed by atoms with Crippen LogP contribution in [0, 0.1) is 17.3 Å². The maximum atomic E-state index is 13.2. The van der Waals surface area contributed by atoms with Crippen LogP contribution in [-0.2, 0) is 19.2 Å². The summed E-state index contributed by atoms with van der Waals surface area (Å²) in [5.41, 5.74) is -0.800. The second-order valence-electron chi connectivity index (χ2n) is 7.89. The smallest absolute Gasteiger partial charge is 0.234 e. The molecule has 150 valence electrons. The Morgan fingerprint density at radius 3 is 1.93 bits per heavy atom. The highest BCUT2D eigenvalue weighted by Crippen LogP contribution is 2.51. The molecule has 2 heterocycles. The summed E-state index contributed by atoms with van der Waals surface area (Å²) in [6.07, 6.45) is 11.7. The zero-order valence-corrected chi connectivity index (χ0v) is 16.3. The Labute approximate surface area is 165 Å². The van der Waals surface area contributed by atoms with Crippen molar-refractivity contribution in [3.8, 4) is 0 Å². The van der Waals surface area contributed by atoms with Gasteiger partial charge in [0.25, 0.3) is 0 Å². The van der Waals surface area contributed by atoms with Crippen LogP contribution in [0.3, 0.4) is 0 Å². The molecular formula is C22H28N2O4. The van der Waals surface area contributed by atoms with Crippen molar-refractivity contribution in [2.45, 2.75) is 44.9 Å². The van der Waals surface area contributed by atoms with Crippen molar-refractivity contribution in [3.05, 3.63) is 37.5 Å². The van der Waals surface area contributed by atoms with Crippen LogP contribution < -0.4 is 0 Å².